The van der Waals surface area contributed by atoms with Gasteiger partial charge in [-0.15, -0.1) is 0 Å². The summed E-state index contributed by atoms with van der Waals surface area (Å²) in [5.74, 6) is -1.54. The minimum Gasteiger partial charge on any atom is -0.469 e. The van der Waals surface area contributed by atoms with E-state index in [1.165, 1.54) is 14.2 Å². The molecule has 0 bridgehead atoms. The molecule has 0 fully saturated rings. The number of methoxy groups -OCH3 is 2. The van der Waals surface area contributed by atoms with Gasteiger partial charge >= 0.3 is 19.1 Å². The van der Waals surface area contributed by atoms with E-state index in [-0.39, 0.29) is 30.3 Å². The number of nitrogens with zero attached hydrogens (tertiary/aromatic N) is 5. The van der Waals surface area contributed by atoms with E-state index >= 15 is 0 Å². The summed E-state index contributed by atoms with van der Waals surface area (Å²) < 4.78 is 9.30. The Hall–Kier alpha value is -5.72. The lowest BCUT2D eigenvalue weighted by Gasteiger charge is -2.20. The van der Waals surface area contributed by atoms with E-state index < -0.39 is 31.0 Å². The average Bonchev–Trinajstić information content (AvgIpc) is 3.10. The molecule has 0 saturated heterocycles. The molecule has 17 nitrogen and oxygen atoms in total. The highest BCUT2D eigenvalue weighted by Gasteiger charge is 2.23. The second-order valence-electron chi connectivity index (χ2n) is 10.4. The number of benzene rings is 2. The van der Waals surface area contributed by atoms with Gasteiger partial charge in [0.15, 0.2) is 17.0 Å². The Kier molecular flexibility index (Phi) is 14.3. The van der Waals surface area contributed by atoms with Gasteiger partial charge in [0.2, 0.25) is 12.4 Å². The van der Waals surface area contributed by atoms with E-state index in [0.717, 1.165) is 17.8 Å². The van der Waals surface area contributed by atoms with Crippen LogP contribution in [0.2, 0.25) is 0 Å². The summed E-state index contributed by atoms with van der Waals surface area (Å²) in [6, 6.07) is 12.8. The molecular weight excluding hydrogens is 637 g/mol. The van der Waals surface area contributed by atoms with Crippen molar-refractivity contribution in [3.05, 3.63) is 71.5 Å². The van der Waals surface area contributed by atoms with Gasteiger partial charge in [-0.2, -0.15) is 9.97 Å². The quantitative estimate of drug-likeness (QED) is 0.0561. The molecule has 4 rings (SSSR count). The number of ether oxygens (including phenoxy) is 2. The van der Waals surface area contributed by atoms with E-state index in [4.69, 9.17) is 20.5 Å². The molecule has 0 aliphatic carbocycles. The van der Waals surface area contributed by atoms with Gasteiger partial charge in [-0.3, -0.25) is 14.4 Å². The number of carbonyl (C=O) groups excluding carboxylic acids is 4. The van der Waals surface area contributed by atoms with Crippen LogP contribution in [0.25, 0.3) is 11.2 Å². The van der Waals surface area contributed by atoms with Crippen LogP contribution in [0.1, 0.15) is 34.5 Å². The molecule has 0 radical (unpaired) electrons. The first-order valence-corrected chi connectivity index (χ1v) is 14.8. The third kappa shape index (κ3) is 11.2. The number of hydrogen-bond donors (Lipinski definition) is 6. The van der Waals surface area contributed by atoms with Crippen molar-refractivity contribution in [3.8, 4) is 0 Å². The van der Waals surface area contributed by atoms with Crippen LogP contribution >= 0.6 is 0 Å². The maximum absolute atomic E-state index is 12.7. The molecule has 0 aliphatic heterocycles. The van der Waals surface area contributed by atoms with E-state index in [1.807, 2.05) is 31.1 Å². The summed E-state index contributed by atoms with van der Waals surface area (Å²) in [6.45, 7) is 1.14. The number of nitrogens with one attached hydrogen (secondary N) is 3. The maximum Gasteiger partial charge on any atom is 0.488 e. The number of amides is 2. The summed E-state index contributed by atoms with van der Waals surface area (Å²) in [6.07, 6.45) is 2.00. The fourth-order valence-electron chi connectivity index (χ4n) is 4.40. The van der Waals surface area contributed by atoms with E-state index in [1.54, 1.807) is 42.6 Å². The van der Waals surface area contributed by atoms with Gasteiger partial charge < -0.3 is 46.1 Å². The average molecular weight is 676 g/mol. The van der Waals surface area contributed by atoms with Crippen molar-refractivity contribution in [2.45, 2.75) is 32.0 Å². The highest BCUT2D eigenvalue weighted by molar-refractivity contribution is 6.58. The molecule has 49 heavy (non-hydrogen) atoms. The van der Waals surface area contributed by atoms with Gasteiger partial charge in [0.05, 0.1) is 32.7 Å². The van der Waals surface area contributed by atoms with Crippen molar-refractivity contribution in [1.29, 1.82) is 0 Å². The maximum atomic E-state index is 12.7. The van der Waals surface area contributed by atoms with Gasteiger partial charge in [0, 0.05) is 31.3 Å². The third-order valence-corrected chi connectivity index (χ3v) is 6.95. The molecule has 18 heteroatoms. The number of carbonyl (C=O) groups is 4. The van der Waals surface area contributed by atoms with E-state index in [9.17, 15) is 19.2 Å². The molecule has 0 spiro atoms. The lowest BCUT2D eigenvalue weighted by atomic mass is 9.80. The highest BCUT2D eigenvalue weighted by Crippen LogP contribution is 2.20. The number of nitrogen functional groups attached to an aromatic ring is 1. The Morgan fingerprint density at radius 2 is 1.71 bits per heavy atom. The Balaban J connectivity index is 0.000000456. The van der Waals surface area contributed by atoms with Crippen LogP contribution in [0.5, 0.6) is 0 Å². The summed E-state index contributed by atoms with van der Waals surface area (Å²) in [4.78, 5) is 65.6. The van der Waals surface area contributed by atoms with Crippen molar-refractivity contribution < 1.29 is 38.7 Å². The molecule has 2 aromatic heterocycles. The van der Waals surface area contributed by atoms with Crippen molar-refractivity contribution in [3.63, 3.8) is 0 Å². The number of fused-ring (bicyclic) bond motifs is 1. The highest BCUT2D eigenvalue weighted by atomic mass is 16.5. The van der Waals surface area contributed by atoms with Crippen LogP contribution in [-0.2, 0) is 36.9 Å². The first-order chi connectivity index (χ1) is 23.5. The minimum absolute atomic E-state index is 0.0403. The van der Waals surface area contributed by atoms with Gasteiger partial charge in [-0.1, -0.05) is 24.3 Å². The number of hydrogen-bond acceptors (Lipinski definition) is 15. The molecule has 1 unspecified atom stereocenters. The molecule has 258 valence electrons. The Bertz CT molecular complexity index is 1730. The molecule has 2 heterocycles. The van der Waals surface area contributed by atoms with Crippen LogP contribution < -0.4 is 32.0 Å². The molecule has 0 aliphatic rings. The van der Waals surface area contributed by atoms with Gasteiger partial charge in [-0.25, -0.2) is 14.8 Å². The van der Waals surface area contributed by atoms with Gasteiger partial charge in [0.25, 0.3) is 5.91 Å². The molecular formula is C31H38BN9O8. The van der Waals surface area contributed by atoms with Crippen LogP contribution in [0.3, 0.4) is 0 Å². The smallest absolute Gasteiger partial charge is 0.469 e. The van der Waals surface area contributed by atoms with Gasteiger partial charge in [0.1, 0.15) is 6.04 Å². The Morgan fingerprint density at radius 1 is 1.02 bits per heavy atom. The summed E-state index contributed by atoms with van der Waals surface area (Å²) in [5, 5.41) is 25.6. The second kappa shape index (κ2) is 18.6. The topological polar surface area (TPSA) is 244 Å². The molecule has 2 aromatic carbocycles. The first kappa shape index (κ1) is 37.7. The molecule has 2 amide bonds. The van der Waals surface area contributed by atoms with E-state index in [0.29, 0.717) is 35.2 Å². The normalized spacial score (nSPS) is 11.0. The number of nitrogens with two attached hydrogens (primary N) is 1. The SMILES string of the molecule is CNCc1ccc(B(O)O)cc1.COC(=O)CCC(NC(=O)c1ccc(N(C)Cc2cnc3nc(N)nc(NC=O)c3n2)cc1)C(=O)OC. The van der Waals surface area contributed by atoms with Crippen LogP contribution in [-0.4, -0.2) is 95.7 Å². The van der Waals surface area contributed by atoms with Gasteiger partial charge in [-0.05, 0) is 48.8 Å². The zero-order chi connectivity index (χ0) is 35.9. The van der Waals surface area contributed by atoms with Crippen LogP contribution in [0, 0.1) is 0 Å². The molecule has 1 atom stereocenters. The zero-order valence-electron chi connectivity index (χ0n) is 27.4. The number of esters is 2. The predicted molar refractivity (Wildman–Crippen MR) is 181 cm³/mol. The fraction of sp³-hybridized carbons (Fsp3) is 0.290. The number of rotatable bonds is 14. The summed E-state index contributed by atoms with van der Waals surface area (Å²) in [7, 11) is 4.77. The lowest BCUT2D eigenvalue weighted by Crippen LogP contribution is -2.41. The molecule has 0 saturated carbocycles. The van der Waals surface area contributed by atoms with Crippen molar-refractivity contribution in [2.24, 2.45) is 0 Å². The third-order valence-electron chi connectivity index (χ3n) is 6.95. The first-order valence-electron chi connectivity index (χ1n) is 14.8. The summed E-state index contributed by atoms with van der Waals surface area (Å²) >= 11 is 0. The number of anilines is 3. The van der Waals surface area contributed by atoms with Crippen molar-refractivity contribution in [1.82, 2.24) is 30.6 Å². The van der Waals surface area contributed by atoms with Crippen molar-refractivity contribution >= 4 is 65.5 Å². The predicted octanol–water partition coefficient (Wildman–Crippen LogP) is -0.483. The van der Waals surface area contributed by atoms with Crippen molar-refractivity contribution in [2.75, 3.05) is 44.3 Å². The van der Waals surface area contributed by atoms with Crippen LogP contribution in [0.4, 0.5) is 17.5 Å². The monoisotopic (exact) mass is 675 g/mol. The lowest BCUT2D eigenvalue weighted by molar-refractivity contribution is -0.144. The zero-order valence-corrected chi connectivity index (χ0v) is 27.4. The minimum atomic E-state index is -1.37. The number of aromatic nitrogens is 4. The molecule has 4 aromatic rings. The largest absolute Gasteiger partial charge is 0.488 e. The van der Waals surface area contributed by atoms with Crippen LogP contribution in [0.15, 0.2) is 54.7 Å². The fourth-order valence-corrected chi connectivity index (χ4v) is 4.40. The van der Waals surface area contributed by atoms with E-state index in [2.05, 4.69) is 40.6 Å². The Labute approximate surface area is 282 Å². The second-order valence-corrected chi connectivity index (χ2v) is 10.4. The summed E-state index contributed by atoms with van der Waals surface area (Å²) in [5.41, 5.74) is 9.49. The standard InChI is InChI=1S/C23H26N8O6.C8H12BNO2/c1-31(11-14-10-25-19-18(27-14)20(26-12-32)30-23(24)29-19)15-6-4-13(5-7-15)21(34)28-16(22(35)37-3)8-9-17(33)36-2;1-10-6-7-2-4-8(5-3-7)9(11)12/h4-7,10,12,16H,8-9,11H2,1-3H3,(H,28,34)(H3,24,25,26,29,30,32);2-5,10-12H,6H2,1H3. The Morgan fingerprint density at radius 3 is 2.31 bits per heavy atom. The molecule has 7 N–H and O–H groups in total.